The Bertz CT molecular complexity index is 710. The third-order valence-electron chi connectivity index (χ3n) is 2.71. The number of rotatable bonds is 6. The number of carbonyl (C=O) groups excluding carboxylic acids is 1. The summed E-state index contributed by atoms with van der Waals surface area (Å²) in [5.41, 5.74) is 0.185. The Labute approximate surface area is 132 Å². The van der Waals surface area contributed by atoms with Crippen molar-refractivity contribution in [3.63, 3.8) is 0 Å². The van der Waals surface area contributed by atoms with E-state index in [1.54, 1.807) is 0 Å². The summed E-state index contributed by atoms with van der Waals surface area (Å²) in [6.07, 6.45) is -1.66. The molecule has 0 aliphatic carbocycles. The van der Waals surface area contributed by atoms with Gasteiger partial charge in [0.25, 0.3) is 5.91 Å². The van der Waals surface area contributed by atoms with Gasteiger partial charge in [-0.25, -0.2) is 18.7 Å². The van der Waals surface area contributed by atoms with E-state index >= 15 is 0 Å². The second-order valence-electron chi connectivity index (χ2n) is 4.56. The lowest BCUT2D eigenvalue weighted by atomic mass is 10.2. The molecule has 0 saturated carbocycles. The molecular formula is C14H10F5N3O2. The van der Waals surface area contributed by atoms with Gasteiger partial charge >= 0.3 is 12.3 Å². The first-order valence-electron chi connectivity index (χ1n) is 6.45. The van der Waals surface area contributed by atoms with E-state index in [1.807, 2.05) is 0 Å². The zero-order valence-electron chi connectivity index (χ0n) is 11.8. The highest BCUT2D eigenvalue weighted by atomic mass is 19.3. The Balaban J connectivity index is 1.96. The number of alkyl halides is 4. The molecule has 0 unspecified atom stereocenters. The third-order valence-corrected chi connectivity index (χ3v) is 2.71. The van der Waals surface area contributed by atoms with Crippen LogP contribution in [0.2, 0.25) is 0 Å². The average Bonchev–Trinajstić information content (AvgIpc) is 2.54. The number of halogens is 5. The fourth-order valence-electron chi connectivity index (χ4n) is 1.52. The van der Waals surface area contributed by atoms with Crippen LogP contribution in [0.25, 0.3) is 0 Å². The Morgan fingerprint density at radius 2 is 2.00 bits per heavy atom. The summed E-state index contributed by atoms with van der Waals surface area (Å²) < 4.78 is 66.8. The fourth-order valence-corrected chi connectivity index (χ4v) is 1.52. The second kappa shape index (κ2) is 7.20. The average molecular weight is 347 g/mol. The van der Waals surface area contributed by atoms with Gasteiger partial charge in [-0.15, -0.1) is 0 Å². The maximum atomic E-state index is 12.9. The molecule has 0 atom stereocenters. The maximum Gasteiger partial charge on any atom is 0.340 e. The van der Waals surface area contributed by atoms with Crippen molar-refractivity contribution in [2.75, 3.05) is 11.9 Å². The summed E-state index contributed by atoms with van der Waals surface area (Å²) in [4.78, 5) is 18.7. The van der Waals surface area contributed by atoms with Gasteiger partial charge < -0.3 is 10.1 Å². The van der Waals surface area contributed by atoms with Crippen LogP contribution >= 0.6 is 0 Å². The summed E-state index contributed by atoms with van der Waals surface area (Å²) in [5.74, 6) is -6.08. The molecule has 2 rings (SSSR count). The minimum Gasteiger partial charge on any atom is -0.471 e. The highest BCUT2D eigenvalue weighted by Crippen LogP contribution is 2.24. The monoisotopic (exact) mass is 347 g/mol. The third kappa shape index (κ3) is 4.61. The SMILES string of the molecule is O=C(Nc1ccc(OCC(F)(F)C(F)F)nc1)c1ccnc(F)c1. The van der Waals surface area contributed by atoms with Gasteiger partial charge in [-0.1, -0.05) is 0 Å². The maximum absolute atomic E-state index is 12.9. The van der Waals surface area contributed by atoms with Crippen LogP contribution in [0.15, 0.2) is 36.7 Å². The van der Waals surface area contributed by atoms with Crippen LogP contribution in [-0.2, 0) is 0 Å². The van der Waals surface area contributed by atoms with Crippen LogP contribution in [0.5, 0.6) is 5.88 Å². The van der Waals surface area contributed by atoms with E-state index < -0.39 is 30.8 Å². The van der Waals surface area contributed by atoms with Gasteiger partial charge in [-0.3, -0.25) is 4.79 Å². The van der Waals surface area contributed by atoms with Gasteiger partial charge in [0.05, 0.1) is 11.9 Å². The van der Waals surface area contributed by atoms with Crippen molar-refractivity contribution < 1.29 is 31.5 Å². The highest BCUT2D eigenvalue weighted by Gasteiger charge is 2.41. The molecule has 1 amide bonds. The molecule has 2 heterocycles. The zero-order valence-corrected chi connectivity index (χ0v) is 11.8. The molecule has 0 fully saturated rings. The van der Waals surface area contributed by atoms with Gasteiger partial charge in [-0.2, -0.15) is 13.2 Å². The predicted molar refractivity (Wildman–Crippen MR) is 72.8 cm³/mol. The first kappa shape index (κ1) is 17.6. The summed E-state index contributed by atoms with van der Waals surface area (Å²) in [6.45, 7) is -1.53. The summed E-state index contributed by atoms with van der Waals surface area (Å²) >= 11 is 0. The zero-order chi connectivity index (χ0) is 17.7. The molecule has 0 saturated heterocycles. The molecule has 10 heteroatoms. The first-order valence-corrected chi connectivity index (χ1v) is 6.45. The summed E-state index contributed by atoms with van der Waals surface area (Å²) in [5, 5.41) is 2.38. The summed E-state index contributed by atoms with van der Waals surface area (Å²) in [6, 6.07) is 4.59. The van der Waals surface area contributed by atoms with Crippen molar-refractivity contribution in [3.8, 4) is 5.88 Å². The Morgan fingerprint density at radius 1 is 1.25 bits per heavy atom. The van der Waals surface area contributed by atoms with Gasteiger partial charge in [0, 0.05) is 23.9 Å². The van der Waals surface area contributed by atoms with E-state index in [9.17, 15) is 26.7 Å². The van der Waals surface area contributed by atoms with E-state index in [-0.39, 0.29) is 17.1 Å². The normalized spacial score (nSPS) is 11.4. The topological polar surface area (TPSA) is 64.1 Å². The molecule has 5 nitrogen and oxygen atoms in total. The second-order valence-corrected chi connectivity index (χ2v) is 4.56. The molecule has 0 spiro atoms. The Hall–Kier alpha value is -2.78. The van der Waals surface area contributed by atoms with E-state index in [1.165, 1.54) is 12.1 Å². The number of nitrogens with zero attached hydrogens (tertiary/aromatic N) is 2. The van der Waals surface area contributed by atoms with Crippen molar-refractivity contribution in [1.29, 1.82) is 0 Å². The Kier molecular flexibility index (Phi) is 5.27. The quantitative estimate of drug-likeness (QED) is 0.644. The van der Waals surface area contributed by atoms with Crippen LogP contribution in [0.4, 0.5) is 27.6 Å². The lowest BCUT2D eigenvalue weighted by Crippen LogP contribution is -2.33. The molecule has 2 aromatic heterocycles. The van der Waals surface area contributed by atoms with Crippen molar-refractivity contribution in [2.45, 2.75) is 12.3 Å². The van der Waals surface area contributed by atoms with Gasteiger partial charge in [0.2, 0.25) is 11.8 Å². The molecule has 24 heavy (non-hydrogen) atoms. The molecule has 1 N–H and O–H groups in total. The molecule has 0 aliphatic heterocycles. The van der Waals surface area contributed by atoms with E-state index in [2.05, 4.69) is 20.0 Å². The summed E-state index contributed by atoms with van der Waals surface area (Å²) in [7, 11) is 0. The molecule has 0 aromatic carbocycles. The smallest absolute Gasteiger partial charge is 0.340 e. The molecular weight excluding hydrogens is 337 g/mol. The predicted octanol–water partition coefficient (Wildman–Crippen LogP) is 3.15. The van der Waals surface area contributed by atoms with Crippen LogP contribution in [0.3, 0.4) is 0 Å². The highest BCUT2D eigenvalue weighted by molar-refractivity contribution is 6.04. The first-order chi connectivity index (χ1) is 11.3. The Morgan fingerprint density at radius 3 is 2.58 bits per heavy atom. The number of pyridine rings is 2. The van der Waals surface area contributed by atoms with Crippen LogP contribution < -0.4 is 10.1 Å². The largest absolute Gasteiger partial charge is 0.471 e. The minimum atomic E-state index is -4.29. The molecule has 0 radical (unpaired) electrons. The molecule has 0 aliphatic rings. The van der Waals surface area contributed by atoms with E-state index in [4.69, 9.17) is 0 Å². The van der Waals surface area contributed by atoms with Crippen molar-refractivity contribution in [3.05, 3.63) is 48.2 Å². The van der Waals surface area contributed by atoms with Gasteiger partial charge in [-0.05, 0) is 12.1 Å². The number of nitrogens with one attached hydrogen (secondary N) is 1. The number of hydrogen-bond donors (Lipinski definition) is 1. The van der Waals surface area contributed by atoms with Crippen LogP contribution in [0.1, 0.15) is 10.4 Å². The number of anilines is 1. The number of amides is 1. The lowest BCUT2D eigenvalue weighted by Gasteiger charge is -2.15. The number of hydrogen-bond acceptors (Lipinski definition) is 4. The van der Waals surface area contributed by atoms with Gasteiger partial charge in [0.1, 0.15) is 0 Å². The lowest BCUT2D eigenvalue weighted by molar-refractivity contribution is -0.148. The molecule has 2 aromatic rings. The number of aromatic nitrogens is 2. The van der Waals surface area contributed by atoms with Crippen molar-refractivity contribution in [1.82, 2.24) is 9.97 Å². The number of carbonyl (C=O) groups is 1. The molecule has 128 valence electrons. The van der Waals surface area contributed by atoms with E-state index in [0.29, 0.717) is 0 Å². The van der Waals surface area contributed by atoms with Crippen molar-refractivity contribution >= 4 is 11.6 Å². The standard InChI is InChI=1S/C14H10F5N3O2/c15-10-5-8(3-4-20-10)12(23)22-9-1-2-11(21-6-9)24-7-14(18,19)13(16)17/h1-6,13H,7H2,(H,22,23). The van der Waals surface area contributed by atoms with Crippen molar-refractivity contribution in [2.24, 2.45) is 0 Å². The van der Waals surface area contributed by atoms with Crippen LogP contribution in [-0.4, -0.2) is 34.8 Å². The number of ether oxygens (including phenoxy) is 1. The van der Waals surface area contributed by atoms with Gasteiger partial charge in [0.15, 0.2) is 6.61 Å². The molecule has 0 bridgehead atoms. The fraction of sp³-hybridized carbons (Fsp3) is 0.214. The minimum absolute atomic E-state index is 0.0133. The van der Waals surface area contributed by atoms with Crippen LogP contribution in [0, 0.1) is 5.95 Å². The van der Waals surface area contributed by atoms with E-state index in [0.717, 1.165) is 24.5 Å².